The van der Waals surface area contributed by atoms with Crippen LogP contribution in [0, 0.1) is 0 Å². The van der Waals surface area contributed by atoms with E-state index in [0.717, 1.165) is 29.9 Å². The summed E-state index contributed by atoms with van der Waals surface area (Å²) < 4.78 is 5.35. The molecule has 4 heteroatoms. The third kappa shape index (κ3) is 2.42. The van der Waals surface area contributed by atoms with Crippen LogP contribution in [0.4, 0.5) is 5.69 Å². The molecule has 1 N–H and O–H groups in total. The zero-order valence-electron chi connectivity index (χ0n) is 9.85. The van der Waals surface area contributed by atoms with E-state index in [1.165, 1.54) is 25.7 Å². The van der Waals surface area contributed by atoms with Gasteiger partial charge in [0.05, 0.1) is 18.1 Å². The lowest BCUT2D eigenvalue weighted by Gasteiger charge is -2.21. The zero-order valence-corrected chi connectivity index (χ0v) is 9.85. The van der Waals surface area contributed by atoms with Gasteiger partial charge >= 0.3 is 0 Å². The van der Waals surface area contributed by atoms with E-state index in [1.807, 2.05) is 18.3 Å². The molecule has 1 saturated heterocycles. The van der Waals surface area contributed by atoms with Gasteiger partial charge < -0.3 is 9.84 Å². The summed E-state index contributed by atoms with van der Waals surface area (Å²) in [4.78, 5) is 4.35. The van der Waals surface area contributed by atoms with Gasteiger partial charge in [-0.2, -0.15) is 0 Å². The summed E-state index contributed by atoms with van der Waals surface area (Å²) in [7, 11) is 0. The average molecular weight is 231 g/mol. The number of nitrogens with one attached hydrogen (secondary N) is 1. The topological polar surface area (TPSA) is 41.3 Å². The summed E-state index contributed by atoms with van der Waals surface area (Å²) in [6, 6.07) is 3.89. The Bertz CT molecular complexity index is 486. The SMILES string of the molecule is c1cc2ncc(NN3CCCCCC3)cc2o1. The predicted molar refractivity (Wildman–Crippen MR) is 67.7 cm³/mol. The van der Waals surface area contributed by atoms with Gasteiger partial charge in [0.25, 0.3) is 0 Å². The van der Waals surface area contributed by atoms with E-state index in [9.17, 15) is 0 Å². The van der Waals surface area contributed by atoms with Crippen molar-refractivity contribution in [3.8, 4) is 0 Å². The average Bonchev–Trinajstić information content (AvgIpc) is 2.65. The number of pyridine rings is 1. The minimum atomic E-state index is 0.838. The third-order valence-electron chi connectivity index (χ3n) is 3.20. The van der Waals surface area contributed by atoms with Gasteiger partial charge in [-0.05, 0) is 12.8 Å². The number of furan rings is 1. The molecule has 0 spiro atoms. The van der Waals surface area contributed by atoms with Crippen LogP contribution in [0.5, 0.6) is 0 Å². The Morgan fingerprint density at radius 1 is 1.18 bits per heavy atom. The summed E-state index contributed by atoms with van der Waals surface area (Å²) in [5.74, 6) is 0. The maximum absolute atomic E-state index is 5.35. The minimum Gasteiger partial charge on any atom is -0.463 e. The quantitative estimate of drug-likeness (QED) is 0.862. The van der Waals surface area contributed by atoms with Crippen molar-refractivity contribution in [1.82, 2.24) is 9.99 Å². The second kappa shape index (κ2) is 4.75. The van der Waals surface area contributed by atoms with Gasteiger partial charge in [-0.15, -0.1) is 0 Å². The molecule has 0 radical (unpaired) electrons. The molecule has 3 heterocycles. The molecule has 1 aliphatic rings. The monoisotopic (exact) mass is 231 g/mol. The molecule has 0 atom stereocenters. The van der Waals surface area contributed by atoms with E-state index in [1.54, 1.807) is 6.26 Å². The number of aromatic nitrogens is 1. The molecule has 0 bridgehead atoms. The number of hydrogen-bond acceptors (Lipinski definition) is 4. The van der Waals surface area contributed by atoms with E-state index >= 15 is 0 Å². The van der Waals surface area contributed by atoms with E-state index < -0.39 is 0 Å². The van der Waals surface area contributed by atoms with Gasteiger partial charge in [-0.25, -0.2) is 5.01 Å². The molecule has 0 amide bonds. The Morgan fingerprint density at radius 3 is 2.82 bits per heavy atom. The maximum Gasteiger partial charge on any atom is 0.154 e. The van der Waals surface area contributed by atoms with Crippen LogP contribution >= 0.6 is 0 Å². The summed E-state index contributed by atoms with van der Waals surface area (Å²) in [6.45, 7) is 2.21. The second-order valence-electron chi connectivity index (χ2n) is 4.54. The lowest BCUT2D eigenvalue weighted by atomic mass is 10.2. The molecular weight excluding hydrogens is 214 g/mol. The van der Waals surface area contributed by atoms with Crippen molar-refractivity contribution in [2.75, 3.05) is 18.5 Å². The van der Waals surface area contributed by atoms with E-state index in [2.05, 4.69) is 15.4 Å². The smallest absolute Gasteiger partial charge is 0.154 e. The molecule has 3 rings (SSSR count). The van der Waals surface area contributed by atoms with Crippen LogP contribution in [-0.4, -0.2) is 23.1 Å². The lowest BCUT2D eigenvalue weighted by Crippen LogP contribution is -2.30. The third-order valence-corrected chi connectivity index (χ3v) is 3.20. The summed E-state index contributed by atoms with van der Waals surface area (Å²) in [6.07, 6.45) is 8.75. The van der Waals surface area contributed by atoms with E-state index in [-0.39, 0.29) is 0 Å². The normalized spacial score (nSPS) is 18.1. The standard InChI is InChI=1S/C13H17N3O/c1-2-4-7-16(6-3-1)15-11-9-13-12(14-10-11)5-8-17-13/h5,8-10,15H,1-4,6-7H2. The number of anilines is 1. The van der Waals surface area contributed by atoms with Crippen molar-refractivity contribution in [2.24, 2.45) is 0 Å². The largest absolute Gasteiger partial charge is 0.463 e. The van der Waals surface area contributed by atoms with Crippen LogP contribution in [0.3, 0.4) is 0 Å². The van der Waals surface area contributed by atoms with Gasteiger partial charge in [0.15, 0.2) is 5.58 Å². The molecule has 0 aliphatic carbocycles. The van der Waals surface area contributed by atoms with Crippen molar-refractivity contribution in [2.45, 2.75) is 25.7 Å². The number of hydrazine groups is 1. The first-order chi connectivity index (χ1) is 8.42. The summed E-state index contributed by atoms with van der Waals surface area (Å²) in [5.41, 5.74) is 6.17. The van der Waals surface area contributed by atoms with Crippen molar-refractivity contribution in [3.05, 3.63) is 24.6 Å². The van der Waals surface area contributed by atoms with Gasteiger partial charge in [0.2, 0.25) is 0 Å². The molecular formula is C13H17N3O. The fourth-order valence-electron chi connectivity index (χ4n) is 2.27. The number of nitrogens with zero attached hydrogens (tertiary/aromatic N) is 2. The minimum absolute atomic E-state index is 0.838. The van der Waals surface area contributed by atoms with Crippen molar-refractivity contribution in [3.63, 3.8) is 0 Å². The van der Waals surface area contributed by atoms with Crippen LogP contribution < -0.4 is 5.43 Å². The van der Waals surface area contributed by atoms with Gasteiger partial charge in [-0.3, -0.25) is 4.98 Å². The molecule has 17 heavy (non-hydrogen) atoms. The Kier molecular flexibility index (Phi) is 2.96. The maximum atomic E-state index is 5.35. The lowest BCUT2D eigenvalue weighted by molar-refractivity contribution is 0.343. The fraction of sp³-hybridized carbons (Fsp3) is 0.462. The van der Waals surface area contributed by atoms with Gasteiger partial charge in [0, 0.05) is 25.2 Å². The summed E-state index contributed by atoms with van der Waals surface area (Å²) >= 11 is 0. The predicted octanol–water partition coefficient (Wildman–Crippen LogP) is 3.03. The number of hydrogen-bond donors (Lipinski definition) is 1. The number of fused-ring (bicyclic) bond motifs is 1. The zero-order chi connectivity index (χ0) is 11.5. The molecule has 1 aliphatic heterocycles. The Labute approximate surface area is 101 Å². The number of rotatable bonds is 2. The highest BCUT2D eigenvalue weighted by Gasteiger charge is 2.09. The molecule has 4 nitrogen and oxygen atoms in total. The Morgan fingerprint density at radius 2 is 2.00 bits per heavy atom. The van der Waals surface area contributed by atoms with Crippen LogP contribution in [0.25, 0.3) is 11.1 Å². The molecule has 0 unspecified atom stereocenters. The first-order valence-electron chi connectivity index (χ1n) is 6.27. The highest BCUT2D eigenvalue weighted by molar-refractivity contribution is 5.75. The van der Waals surface area contributed by atoms with Gasteiger partial charge in [-0.1, -0.05) is 12.8 Å². The van der Waals surface area contributed by atoms with Crippen molar-refractivity contribution in [1.29, 1.82) is 0 Å². The molecule has 2 aromatic rings. The van der Waals surface area contributed by atoms with Crippen LogP contribution in [0.15, 0.2) is 29.0 Å². The molecule has 90 valence electrons. The van der Waals surface area contributed by atoms with Gasteiger partial charge in [0.1, 0.15) is 5.52 Å². The molecule has 2 aromatic heterocycles. The van der Waals surface area contributed by atoms with Crippen LogP contribution in [-0.2, 0) is 0 Å². The van der Waals surface area contributed by atoms with E-state index in [4.69, 9.17) is 4.42 Å². The first-order valence-corrected chi connectivity index (χ1v) is 6.27. The molecule has 1 fully saturated rings. The fourth-order valence-corrected chi connectivity index (χ4v) is 2.27. The highest BCUT2D eigenvalue weighted by atomic mass is 16.3. The molecule has 0 saturated carbocycles. The Hall–Kier alpha value is -1.55. The Balaban J connectivity index is 1.74. The van der Waals surface area contributed by atoms with Crippen molar-refractivity contribution >= 4 is 16.8 Å². The summed E-state index contributed by atoms with van der Waals surface area (Å²) in [5, 5.41) is 2.28. The van der Waals surface area contributed by atoms with Crippen LogP contribution in [0.2, 0.25) is 0 Å². The second-order valence-corrected chi connectivity index (χ2v) is 4.54. The van der Waals surface area contributed by atoms with Crippen LogP contribution in [0.1, 0.15) is 25.7 Å². The molecule has 0 aromatic carbocycles. The first kappa shape index (κ1) is 10.6. The highest BCUT2D eigenvalue weighted by Crippen LogP contribution is 2.18. The van der Waals surface area contributed by atoms with E-state index in [0.29, 0.717) is 0 Å². The van der Waals surface area contributed by atoms with Crippen molar-refractivity contribution < 1.29 is 4.42 Å².